The number of carbonyl (C=O) groups excluding carboxylic acids is 2. The maximum atomic E-state index is 13.1. The number of amides is 2. The molecule has 3 rings (SSSR count). The lowest BCUT2D eigenvalue weighted by Gasteiger charge is -2.42. The Morgan fingerprint density at radius 3 is 2.56 bits per heavy atom. The van der Waals surface area contributed by atoms with E-state index in [1.807, 2.05) is 36.8 Å². The van der Waals surface area contributed by atoms with Crippen LogP contribution < -0.4 is 4.90 Å². The van der Waals surface area contributed by atoms with Crippen molar-refractivity contribution in [2.75, 3.05) is 37.6 Å². The van der Waals surface area contributed by atoms with Crippen molar-refractivity contribution in [3.63, 3.8) is 0 Å². The molecule has 0 saturated carbocycles. The Morgan fingerprint density at radius 1 is 1.24 bits per heavy atom. The fourth-order valence-electron chi connectivity index (χ4n) is 3.93. The molecule has 1 aromatic rings. The van der Waals surface area contributed by atoms with E-state index in [4.69, 9.17) is 0 Å². The Bertz CT molecular complexity index is 633. The van der Waals surface area contributed by atoms with Gasteiger partial charge in [-0.3, -0.25) is 24.1 Å². The van der Waals surface area contributed by atoms with Crippen LogP contribution in [0.4, 0.5) is 5.82 Å². The van der Waals surface area contributed by atoms with Crippen molar-refractivity contribution in [2.45, 2.75) is 45.6 Å². The third-order valence-corrected chi connectivity index (χ3v) is 5.24. The van der Waals surface area contributed by atoms with Crippen molar-refractivity contribution >= 4 is 17.6 Å². The average molecular weight is 347 g/mol. The normalized spacial score (nSPS) is 22.5. The predicted molar refractivity (Wildman–Crippen MR) is 96.4 cm³/mol. The number of piperidine rings is 1. The molecule has 1 atom stereocenters. The molecule has 0 aliphatic carbocycles. The Hall–Kier alpha value is -1.89. The van der Waals surface area contributed by atoms with E-state index in [2.05, 4.69) is 10.00 Å². The summed E-state index contributed by atoms with van der Waals surface area (Å²) in [5.41, 5.74) is 0.926. The van der Waals surface area contributed by atoms with E-state index < -0.39 is 0 Å². The Morgan fingerprint density at radius 2 is 1.96 bits per heavy atom. The van der Waals surface area contributed by atoms with Crippen LogP contribution in [0, 0.1) is 6.92 Å². The molecule has 138 valence electrons. The SMILES string of the molecule is CCCC(=O)N1CCN([C@H]2CCCN(c3cc(C)nn3C)C2=O)CC1. The molecule has 0 N–H and O–H groups in total. The van der Waals surface area contributed by atoms with Crippen LogP contribution in [0.15, 0.2) is 6.07 Å². The molecular weight excluding hydrogens is 318 g/mol. The Labute approximate surface area is 149 Å². The summed E-state index contributed by atoms with van der Waals surface area (Å²) in [4.78, 5) is 31.2. The first-order chi connectivity index (χ1) is 12.0. The second kappa shape index (κ2) is 7.56. The molecule has 7 heteroatoms. The molecule has 0 bridgehead atoms. The highest BCUT2D eigenvalue weighted by molar-refractivity contribution is 5.97. The van der Waals surface area contributed by atoms with Gasteiger partial charge in [0.15, 0.2) is 0 Å². The van der Waals surface area contributed by atoms with Crippen LogP contribution in [-0.4, -0.2) is 70.2 Å². The molecule has 7 nitrogen and oxygen atoms in total. The molecule has 0 radical (unpaired) electrons. The number of nitrogens with zero attached hydrogens (tertiary/aromatic N) is 5. The second-order valence-electron chi connectivity index (χ2n) is 7.08. The molecule has 0 unspecified atom stereocenters. The third-order valence-electron chi connectivity index (χ3n) is 5.24. The largest absolute Gasteiger partial charge is 0.340 e. The molecule has 0 spiro atoms. The zero-order valence-electron chi connectivity index (χ0n) is 15.6. The molecule has 1 aromatic heterocycles. The maximum absolute atomic E-state index is 13.1. The van der Waals surface area contributed by atoms with Gasteiger partial charge in [-0.05, 0) is 26.2 Å². The fraction of sp³-hybridized carbons (Fsp3) is 0.722. The lowest BCUT2D eigenvalue weighted by atomic mass is 10.0. The van der Waals surface area contributed by atoms with Gasteiger partial charge in [0.2, 0.25) is 11.8 Å². The van der Waals surface area contributed by atoms with E-state index in [1.165, 1.54) is 0 Å². The topological polar surface area (TPSA) is 61.7 Å². The number of anilines is 1. The first-order valence-electron chi connectivity index (χ1n) is 9.35. The molecule has 0 aromatic carbocycles. The summed E-state index contributed by atoms with van der Waals surface area (Å²) in [6.45, 7) is 7.75. The molecule has 2 aliphatic rings. The summed E-state index contributed by atoms with van der Waals surface area (Å²) in [6, 6.07) is 1.90. The second-order valence-corrected chi connectivity index (χ2v) is 7.08. The van der Waals surface area contributed by atoms with Crippen molar-refractivity contribution in [3.8, 4) is 0 Å². The standard InChI is InChI=1S/C18H29N5O2/c1-4-6-17(24)22-11-9-21(10-12-22)15-7-5-8-23(18(15)25)16-13-14(2)19-20(16)3/h13,15H,4-12H2,1-3H3/t15-/m0/s1. The lowest BCUT2D eigenvalue weighted by Crippen LogP contribution is -2.58. The van der Waals surface area contributed by atoms with Crippen LogP contribution >= 0.6 is 0 Å². The van der Waals surface area contributed by atoms with Gasteiger partial charge in [0.05, 0.1) is 11.7 Å². The summed E-state index contributed by atoms with van der Waals surface area (Å²) in [7, 11) is 1.89. The summed E-state index contributed by atoms with van der Waals surface area (Å²) < 4.78 is 1.79. The van der Waals surface area contributed by atoms with E-state index in [1.54, 1.807) is 4.68 Å². The zero-order valence-corrected chi connectivity index (χ0v) is 15.6. The fourth-order valence-corrected chi connectivity index (χ4v) is 3.93. The number of rotatable bonds is 4. The van der Waals surface area contributed by atoms with Gasteiger partial charge in [0, 0.05) is 52.3 Å². The van der Waals surface area contributed by atoms with Crippen molar-refractivity contribution in [2.24, 2.45) is 7.05 Å². The van der Waals surface area contributed by atoms with Gasteiger partial charge in [-0.1, -0.05) is 6.92 Å². The summed E-state index contributed by atoms with van der Waals surface area (Å²) in [6.07, 6.45) is 3.40. The van der Waals surface area contributed by atoms with Gasteiger partial charge in [-0.15, -0.1) is 0 Å². The van der Waals surface area contributed by atoms with E-state index in [0.717, 1.165) is 63.5 Å². The lowest BCUT2D eigenvalue weighted by molar-refractivity contribution is -0.134. The van der Waals surface area contributed by atoms with Crippen LogP contribution in [0.1, 0.15) is 38.3 Å². The highest BCUT2D eigenvalue weighted by atomic mass is 16.2. The molecule has 2 aliphatic heterocycles. The molecule has 2 amide bonds. The van der Waals surface area contributed by atoms with Crippen LogP contribution in [0.5, 0.6) is 0 Å². The van der Waals surface area contributed by atoms with Gasteiger partial charge in [-0.2, -0.15) is 5.10 Å². The van der Waals surface area contributed by atoms with Gasteiger partial charge < -0.3 is 4.90 Å². The number of carbonyl (C=O) groups is 2. The van der Waals surface area contributed by atoms with Gasteiger partial charge in [0.25, 0.3) is 0 Å². The average Bonchev–Trinajstić information content (AvgIpc) is 2.94. The predicted octanol–water partition coefficient (Wildman–Crippen LogP) is 1.17. The van der Waals surface area contributed by atoms with Crippen LogP contribution in [0.2, 0.25) is 0 Å². The van der Waals surface area contributed by atoms with Crippen molar-refractivity contribution in [1.29, 1.82) is 0 Å². The van der Waals surface area contributed by atoms with Crippen molar-refractivity contribution in [1.82, 2.24) is 19.6 Å². The number of hydrogen-bond donors (Lipinski definition) is 0. The monoisotopic (exact) mass is 347 g/mol. The summed E-state index contributed by atoms with van der Waals surface area (Å²) in [5, 5.41) is 4.37. The van der Waals surface area contributed by atoms with Gasteiger partial charge >= 0.3 is 0 Å². The van der Waals surface area contributed by atoms with Crippen LogP contribution in [0.3, 0.4) is 0 Å². The number of hydrogen-bond acceptors (Lipinski definition) is 4. The molecule has 3 heterocycles. The third kappa shape index (κ3) is 3.71. The quantitative estimate of drug-likeness (QED) is 0.820. The maximum Gasteiger partial charge on any atom is 0.245 e. The number of piperazine rings is 1. The number of aryl methyl sites for hydroxylation is 2. The molecule has 2 fully saturated rings. The van der Waals surface area contributed by atoms with E-state index >= 15 is 0 Å². The first kappa shape index (κ1) is 17.9. The smallest absolute Gasteiger partial charge is 0.245 e. The molecule has 25 heavy (non-hydrogen) atoms. The minimum Gasteiger partial charge on any atom is -0.340 e. The van der Waals surface area contributed by atoms with Crippen LogP contribution in [-0.2, 0) is 16.6 Å². The van der Waals surface area contributed by atoms with Crippen LogP contribution in [0.25, 0.3) is 0 Å². The van der Waals surface area contributed by atoms with E-state index in [9.17, 15) is 9.59 Å². The van der Waals surface area contributed by atoms with Gasteiger partial charge in [0.1, 0.15) is 5.82 Å². The minimum atomic E-state index is -0.0765. The van der Waals surface area contributed by atoms with Gasteiger partial charge in [-0.25, -0.2) is 0 Å². The van der Waals surface area contributed by atoms with E-state index in [-0.39, 0.29) is 17.9 Å². The Kier molecular flexibility index (Phi) is 5.42. The van der Waals surface area contributed by atoms with E-state index in [0.29, 0.717) is 6.42 Å². The summed E-state index contributed by atoms with van der Waals surface area (Å²) >= 11 is 0. The van der Waals surface area contributed by atoms with Crippen molar-refractivity contribution < 1.29 is 9.59 Å². The molecular formula is C18H29N5O2. The van der Waals surface area contributed by atoms with Crippen molar-refractivity contribution in [3.05, 3.63) is 11.8 Å². The molecule has 2 saturated heterocycles. The zero-order chi connectivity index (χ0) is 18.0. The highest BCUT2D eigenvalue weighted by Crippen LogP contribution is 2.25. The summed E-state index contributed by atoms with van der Waals surface area (Å²) in [5.74, 6) is 1.29. The first-order valence-corrected chi connectivity index (χ1v) is 9.35. The minimum absolute atomic E-state index is 0.0765. The highest BCUT2D eigenvalue weighted by Gasteiger charge is 2.36. The Balaban J connectivity index is 1.64. The number of aromatic nitrogens is 2.